The van der Waals surface area contributed by atoms with Gasteiger partial charge in [-0.3, -0.25) is 0 Å². The van der Waals surface area contributed by atoms with Gasteiger partial charge in [-0.1, -0.05) is 51.6 Å². The third kappa shape index (κ3) is 3.65. The van der Waals surface area contributed by atoms with Crippen molar-refractivity contribution in [3.8, 4) is 12.1 Å². The fraction of sp³-hybridized carbons (Fsp3) is 0.385. The number of rotatable bonds is 5. The molecule has 16 heavy (non-hydrogen) atoms. The molecule has 1 unspecified atom stereocenters. The molecule has 0 aromatic heterocycles. The van der Waals surface area contributed by atoms with Crippen LogP contribution in [-0.4, -0.2) is 12.3 Å². The molecule has 0 spiro atoms. The van der Waals surface area contributed by atoms with Crippen LogP contribution in [0.5, 0.6) is 0 Å². The van der Waals surface area contributed by atoms with Crippen molar-refractivity contribution in [3.63, 3.8) is 0 Å². The Bertz CT molecular complexity index is 375. The van der Waals surface area contributed by atoms with Gasteiger partial charge in [-0.2, -0.15) is 10.5 Å². The maximum Gasteiger partial charge on any atom is 0.137 e. The van der Waals surface area contributed by atoms with Crippen LogP contribution in [-0.2, 0) is 0 Å². The summed E-state index contributed by atoms with van der Waals surface area (Å²) in [6.45, 7) is 2.14. The molecule has 1 atom stereocenters. The molecule has 0 saturated carbocycles. The first-order valence-electron chi connectivity index (χ1n) is 5.41. The van der Waals surface area contributed by atoms with Crippen molar-refractivity contribution in [1.29, 1.82) is 10.5 Å². The van der Waals surface area contributed by atoms with Crippen molar-refractivity contribution in [3.05, 3.63) is 30.3 Å². The molecule has 0 heterocycles. The van der Waals surface area contributed by atoms with Gasteiger partial charge < -0.3 is 0 Å². The Balaban J connectivity index is 2.77. The van der Waals surface area contributed by atoms with E-state index in [1.807, 2.05) is 18.2 Å². The summed E-state index contributed by atoms with van der Waals surface area (Å²) in [5.41, 5.74) is 0. The number of hydrogen-bond donors (Lipinski definition) is 0. The molecule has 0 N–H and O–H groups in total. The molecule has 0 saturated heterocycles. The molecule has 0 amide bonds. The first kappa shape index (κ1) is 12.7. The summed E-state index contributed by atoms with van der Waals surface area (Å²) in [6, 6.07) is 14.4. The summed E-state index contributed by atoms with van der Waals surface area (Å²) in [5.74, 6) is -0.460. The van der Waals surface area contributed by atoms with E-state index in [2.05, 4.69) is 31.2 Å². The molecule has 0 aliphatic heterocycles. The molecule has 3 heteroatoms. The topological polar surface area (TPSA) is 47.6 Å². The minimum Gasteiger partial charge on any atom is -0.197 e. The van der Waals surface area contributed by atoms with Gasteiger partial charge in [-0.05, 0) is 11.5 Å². The van der Waals surface area contributed by atoms with Crippen LogP contribution < -0.4 is 5.30 Å². The third-order valence-corrected chi connectivity index (χ3v) is 5.15. The van der Waals surface area contributed by atoms with E-state index < -0.39 is 5.92 Å². The average Bonchev–Trinajstić information content (AvgIpc) is 2.35. The molecule has 1 aromatic rings. The van der Waals surface area contributed by atoms with Gasteiger partial charge in [0, 0.05) is 6.16 Å². The van der Waals surface area contributed by atoms with Crippen LogP contribution in [0.1, 0.15) is 13.3 Å². The van der Waals surface area contributed by atoms with Crippen molar-refractivity contribution >= 4 is 13.2 Å². The van der Waals surface area contributed by atoms with Crippen molar-refractivity contribution in [2.75, 3.05) is 12.3 Å². The Labute approximate surface area is 98.3 Å². The highest BCUT2D eigenvalue weighted by molar-refractivity contribution is 7.65. The summed E-state index contributed by atoms with van der Waals surface area (Å²) >= 11 is 0. The molecule has 82 valence electrons. The normalized spacial score (nSPS) is 11.8. The second-order valence-electron chi connectivity index (χ2n) is 3.59. The summed E-state index contributed by atoms with van der Waals surface area (Å²) < 4.78 is 0. The zero-order valence-corrected chi connectivity index (χ0v) is 10.3. The minimum absolute atomic E-state index is 0.352. The summed E-state index contributed by atoms with van der Waals surface area (Å²) in [7, 11) is -0.352. The monoisotopic (exact) mass is 230 g/mol. The zero-order chi connectivity index (χ0) is 11.8. The van der Waals surface area contributed by atoms with Crippen LogP contribution in [0.4, 0.5) is 0 Å². The van der Waals surface area contributed by atoms with Crippen LogP contribution in [0.2, 0.25) is 0 Å². The lowest BCUT2D eigenvalue weighted by molar-refractivity contribution is 0.972. The molecule has 0 radical (unpaired) electrons. The fourth-order valence-electron chi connectivity index (χ4n) is 1.57. The Morgan fingerprint density at radius 1 is 1.19 bits per heavy atom. The standard InChI is InChI=1S/C13H15N2P/c1-2-8-16(11-12(9-14)10-15)13-6-4-3-5-7-13/h3-7,12H,2,8,11H2,1H3. The van der Waals surface area contributed by atoms with Gasteiger partial charge in [0.2, 0.25) is 0 Å². The summed E-state index contributed by atoms with van der Waals surface area (Å²) in [5, 5.41) is 19.0. The second kappa shape index (κ2) is 7.00. The second-order valence-corrected chi connectivity index (χ2v) is 6.00. The molecule has 0 fully saturated rings. The number of nitrogens with zero attached hydrogens (tertiary/aromatic N) is 2. The van der Waals surface area contributed by atoms with E-state index >= 15 is 0 Å². The predicted molar refractivity (Wildman–Crippen MR) is 67.7 cm³/mol. The summed E-state index contributed by atoms with van der Waals surface area (Å²) in [6.07, 6.45) is 2.91. The molecule has 0 bridgehead atoms. The average molecular weight is 230 g/mol. The Hall–Kier alpha value is -1.37. The lowest BCUT2D eigenvalue weighted by Crippen LogP contribution is -2.10. The van der Waals surface area contributed by atoms with Gasteiger partial charge in [0.05, 0.1) is 12.1 Å². The Morgan fingerprint density at radius 2 is 1.81 bits per heavy atom. The highest BCUT2D eigenvalue weighted by atomic mass is 31.1. The number of hydrogen-bond acceptors (Lipinski definition) is 2. The zero-order valence-electron chi connectivity index (χ0n) is 9.43. The van der Waals surface area contributed by atoms with Crippen molar-refractivity contribution < 1.29 is 0 Å². The first-order chi connectivity index (χ1) is 7.81. The first-order valence-corrected chi connectivity index (χ1v) is 7.12. The van der Waals surface area contributed by atoms with E-state index in [0.29, 0.717) is 6.16 Å². The molecule has 1 rings (SSSR count). The molecule has 0 aliphatic carbocycles. The lowest BCUT2D eigenvalue weighted by atomic mass is 10.2. The van der Waals surface area contributed by atoms with Crippen molar-refractivity contribution in [2.24, 2.45) is 5.92 Å². The van der Waals surface area contributed by atoms with E-state index in [1.54, 1.807) is 0 Å². The smallest absolute Gasteiger partial charge is 0.137 e. The molecular weight excluding hydrogens is 215 g/mol. The molecule has 2 nitrogen and oxygen atoms in total. The Morgan fingerprint density at radius 3 is 2.31 bits per heavy atom. The van der Waals surface area contributed by atoms with Gasteiger partial charge in [-0.25, -0.2) is 0 Å². The third-order valence-electron chi connectivity index (χ3n) is 2.33. The molecular formula is C13H15N2P. The molecule has 0 aliphatic rings. The van der Waals surface area contributed by atoms with Crippen LogP contribution in [0.3, 0.4) is 0 Å². The maximum absolute atomic E-state index is 8.83. The molecule has 1 aromatic carbocycles. The van der Waals surface area contributed by atoms with Gasteiger partial charge in [0.15, 0.2) is 0 Å². The van der Waals surface area contributed by atoms with Crippen molar-refractivity contribution in [1.82, 2.24) is 0 Å². The summed E-state index contributed by atoms with van der Waals surface area (Å²) in [4.78, 5) is 0. The number of benzene rings is 1. The predicted octanol–water partition coefficient (Wildman–Crippen LogP) is 2.87. The van der Waals surface area contributed by atoms with Gasteiger partial charge in [-0.15, -0.1) is 0 Å². The minimum atomic E-state index is -0.460. The fourth-order valence-corrected chi connectivity index (χ4v) is 3.95. The van der Waals surface area contributed by atoms with E-state index in [4.69, 9.17) is 10.5 Å². The van der Waals surface area contributed by atoms with Gasteiger partial charge >= 0.3 is 0 Å². The largest absolute Gasteiger partial charge is 0.197 e. The van der Waals surface area contributed by atoms with E-state index in [1.165, 1.54) is 5.30 Å². The van der Waals surface area contributed by atoms with Gasteiger partial charge in [0.25, 0.3) is 0 Å². The lowest BCUT2D eigenvalue weighted by Gasteiger charge is -2.17. The quantitative estimate of drug-likeness (QED) is 0.730. The van der Waals surface area contributed by atoms with Gasteiger partial charge in [0.1, 0.15) is 5.92 Å². The maximum atomic E-state index is 8.83. The van der Waals surface area contributed by atoms with E-state index in [9.17, 15) is 0 Å². The number of nitriles is 2. The van der Waals surface area contributed by atoms with E-state index in [0.717, 1.165) is 12.6 Å². The SMILES string of the molecule is CCCP(CC(C#N)C#N)c1ccccc1. The van der Waals surface area contributed by atoms with Crippen LogP contribution in [0, 0.1) is 28.6 Å². The Kier molecular flexibility index (Phi) is 5.55. The van der Waals surface area contributed by atoms with Crippen LogP contribution in [0.25, 0.3) is 0 Å². The van der Waals surface area contributed by atoms with Crippen molar-refractivity contribution in [2.45, 2.75) is 13.3 Å². The highest BCUT2D eigenvalue weighted by Gasteiger charge is 2.16. The van der Waals surface area contributed by atoms with Crippen LogP contribution in [0.15, 0.2) is 30.3 Å². The van der Waals surface area contributed by atoms with Crippen LogP contribution >= 0.6 is 7.92 Å². The highest BCUT2D eigenvalue weighted by Crippen LogP contribution is 2.37. The van der Waals surface area contributed by atoms with E-state index in [-0.39, 0.29) is 7.92 Å².